The van der Waals surface area contributed by atoms with E-state index in [9.17, 15) is 9.18 Å². The average Bonchev–Trinajstić information content (AvgIpc) is 2.25. The molecule has 1 rings (SSSR count). The zero-order chi connectivity index (χ0) is 12.1. The van der Waals surface area contributed by atoms with E-state index in [0.29, 0.717) is 12.0 Å². The molecule has 0 bridgehead atoms. The molecule has 0 aromatic heterocycles. The van der Waals surface area contributed by atoms with Gasteiger partial charge in [0, 0.05) is 5.56 Å². The molecule has 4 heteroatoms. The highest BCUT2D eigenvalue weighted by molar-refractivity contribution is 5.96. The van der Waals surface area contributed by atoms with Crippen molar-refractivity contribution in [2.24, 2.45) is 0 Å². The van der Waals surface area contributed by atoms with Crippen molar-refractivity contribution in [1.29, 1.82) is 0 Å². The van der Waals surface area contributed by atoms with Crippen molar-refractivity contribution in [2.75, 3.05) is 27.7 Å². The van der Waals surface area contributed by atoms with Gasteiger partial charge in [-0.1, -0.05) is 0 Å². The molecule has 0 spiro atoms. The topological polar surface area (TPSA) is 30.7 Å². The molecular formula is C12H17FNO2+. The Morgan fingerprint density at radius 2 is 2.12 bits per heavy atom. The molecule has 3 nitrogen and oxygen atoms in total. The Balaban J connectivity index is 2.73. The molecule has 0 fully saturated rings. The van der Waals surface area contributed by atoms with Gasteiger partial charge in [0.1, 0.15) is 0 Å². The van der Waals surface area contributed by atoms with Crippen LogP contribution in [0.3, 0.4) is 0 Å². The number of rotatable bonds is 5. The molecule has 1 N–H and O–H groups in total. The molecule has 0 saturated heterocycles. The summed E-state index contributed by atoms with van der Waals surface area (Å²) in [6, 6.07) is 4.30. The van der Waals surface area contributed by atoms with Gasteiger partial charge < -0.3 is 9.64 Å². The van der Waals surface area contributed by atoms with Gasteiger partial charge in [0.2, 0.25) is 0 Å². The summed E-state index contributed by atoms with van der Waals surface area (Å²) in [4.78, 5) is 12.9. The van der Waals surface area contributed by atoms with E-state index in [1.54, 1.807) is 6.07 Å². The second-order valence-electron chi connectivity index (χ2n) is 3.98. The maximum atomic E-state index is 13.3. The van der Waals surface area contributed by atoms with Crippen LogP contribution in [0, 0.1) is 5.82 Å². The summed E-state index contributed by atoms with van der Waals surface area (Å²) >= 11 is 0. The van der Waals surface area contributed by atoms with Gasteiger partial charge in [0.25, 0.3) is 0 Å². The molecule has 0 aliphatic rings. The molecule has 0 amide bonds. The van der Waals surface area contributed by atoms with Crippen molar-refractivity contribution in [2.45, 2.75) is 6.42 Å². The fourth-order valence-corrected chi connectivity index (χ4v) is 1.35. The molecule has 1 aromatic carbocycles. The van der Waals surface area contributed by atoms with Crippen LogP contribution in [0.5, 0.6) is 5.75 Å². The van der Waals surface area contributed by atoms with Crippen LogP contribution < -0.4 is 9.64 Å². The zero-order valence-electron chi connectivity index (χ0n) is 9.84. The number of halogens is 1. The van der Waals surface area contributed by atoms with Gasteiger partial charge >= 0.3 is 0 Å². The minimum atomic E-state index is -0.495. The lowest BCUT2D eigenvalue weighted by molar-refractivity contribution is -0.857. The number of hydrogen-bond donors (Lipinski definition) is 1. The second-order valence-corrected chi connectivity index (χ2v) is 3.98. The smallest absolute Gasteiger partial charge is 0.168 e. The summed E-state index contributed by atoms with van der Waals surface area (Å²) in [5, 5.41) is 0. The molecule has 88 valence electrons. The van der Waals surface area contributed by atoms with Crippen molar-refractivity contribution >= 4 is 5.78 Å². The number of hydrogen-bond acceptors (Lipinski definition) is 2. The Morgan fingerprint density at radius 3 is 2.62 bits per heavy atom. The number of methoxy groups -OCH3 is 1. The van der Waals surface area contributed by atoms with E-state index in [-0.39, 0.29) is 11.5 Å². The first-order chi connectivity index (χ1) is 7.54. The van der Waals surface area contributed by atoms with E-state index in [4.69, 9.17) is 4.74 Å². The van der Waals surface area contributed by atoms with Gasteiger partial charge in [-0.3, -0.25) is 4.79 Å². The Labute approximate surface area is 94.8 Å². The molecule has 0 saturated carbocycles. The van der Waals surface area contributed by atoms with Crippen LogP contribution in [0.1, 0.15) is 16.8 Å². The molecule has 0 atom stereocenters. The first-order valence-corrected chi connectivity index (χ1v) is 5.20. The van der Waals surface area contributed by atoms with E-state index in [1.165, 1.54) is 24.1 Å². The van der Waals surface area contributed by atoms with Crippen LogP contribution >= 0.6 is 0 Å². The first-order valence-electron chi connectivity index (χ1n) is 5.20. The number of Topliss-reactive ketones (excluding diaryl/α,β-unsaturated/α-hetero) is 1. The summed E-state index contributed by atoms with van der Waals surface area (Å²) in [5.41, 5.74) is 0.402. The van der Waals surface area contributed by atoms with Gasteiger partial charge in [-0.2, -0.15) is 0 Å². The molecule has 1 aromatic rings. The van der Waals surface area contributed by atoms with E-state index in [0.717, 1.165) is 6.54 Å². The fraction of sp³-hybridized carbons (Fsp3) is 0.417. The van der Waals surface area contributed by atoms with Gasteiger partial charge in [0.15, 0.2) is 17.3 Å². The number of quaternary nitrogens is 1. The molecule has 0 radical (unpaired) electrons. The summed E-state index contributed by atoms with van der Waals surface area (Å²) in [5.74, 6) is -0.372. The summed E-state index contributed by atoms with van der Waals surface area (Å²) in [6.45, 7) is 0.743. The number of benzene rings is 1. The largest absolute Gasteiger partial charge is 0.494 e. The lowest BCUT2D eigenvalue weighted by Crippen LogP contribution is -3.05. The Kier molecular flexibility index (Phi) is 4.43. The van der Waals surface area contributed by atoms with Crippen LogP contribution in [0.25, 0.3) is 0 Å². The van der Waals surface area contributed by atoms with Crippen LogP contribution in [0.2, 0.25) is 0 Å². The van der Waals surface area contributed by atoms with E-state index < -0.39 is 5.82 Å². The van der Waals surface area contributed by atoms with Gasteiger partial charge in [-0.25, -0.2) is 4.39 Å². The zero-order valence-corrected chi connectivity index (χ0v) is 9.84. The predicted molar refractivity (Wildman–Crippen MR) is 59.6 cm³/mol. The summed E-state index contributed by atoms with van der Waals surface area (Å²) in [6.07, 6.45) is 0.425. The molecule has 0 aliphatic carbocycles. The Morgan fingerprint density at radius 1 is 1.44 bits per heavy atom. The number of ketones is 1. The molecule has 0 heterocycles. The Bertz CT molecular complexity index is 377. The normalized spacial score (nSPS) is 10.6. The maximum absolute atomic E-state index is 13.3. The number of ether oxygens (including phenoxy) is 1. The van der Waals surface area contributed by atoms with Crippen molar-refractivity contribution in [3.63, 3.8) is 0 Å². The fourth-order valence-electron chi connectivity index (χ4n) is 1.35. The molecule has 0 aliphatic heterocycles. The van der Waals surface area contributed by atoms with Crippen molar-refractivity contribution in [3.8, 4) is 5.75 Å². The van der Waals surface area contributed by atoms with E-state index in [2.05, 4.69) is 0 Å². The van der Waals surface area contributed by atoms with Crippen molar-refractivity contribution in [3.05, 3.63) is 29.6 Å². The minimum Gasteiger partial charge on any atom is -0.494 e. The molecule has 16 heavy (non-hydrogen) atoms. The van der Waals surface area contributed by atoms with Gasteiger partial charge in [-0.05, 0) is 18.2 Å². The van der Waals surface area contributed by atoms with Crippen molar-refractivity contribution in [1.82, 2.24) is 0 Å². The third-order valence-electron chi connectivity index (χ3n) is 2.33. The number of carbonyl (C=O) groups excluding carboxylic acids is 1. The Hall–Kier alpha value is -1.42. The third kappa shape index (κ3) is 3.31. The SMILES string of the molecule is COc1ccc(C(=O)CC[NH+](C)C)cc1F. The highest BCUT2D eigenvalue weighted by Crippen LogP contribution is 2.18. The average molecular weight is 226 g/mol. The van der Waals surface area contributed by atoms with E-state index in [1.807, 2.05) is 14.1 Å². The third-order valence-corrected chi connectivity index (χ3v) is 2.33. The summed E-state index contributed by atoms with van der Waals surface area (Å²) < 4.78 is 18.1. The quantitative estimate of drug-likeness (QED) is 0.743. The summed E-state index contributed by atoms with van der Waals surface area (Å²) in [7, 11) is 5.35. The monoisotopic (exact) mass is 226 g/mol. The highest BCUT2D eigenvalue weighted by atomic mass is 19.1. The lowest BCUT2D eigenvalue weighted by Gasteiger charge is -2.07. The van der Waals surface area contributed by atoms with Crippen LogP contribution in [0.15, 0.2) is 18.2 Å². The number of carbonyl (C=O) groups is 1. The molecule has 0 unspecified atom stereocenters. The molecular weight excluding hydrogens is 209 g/mol. The van der Waals surface area contributed by atoms with Crippen LogP contribution in [0.4, 0.5) is 4.39 Å². The lowest BCUT2D eigenvalue weighted by atomic mass is 10.1. The first kappa shape index (κ1) is 12.6. The van der Waals surface area contributed by atoms with Crippen LogP contribution in [-0.2, 0) is 0 Å². The van der Waals surface area contributed by atoms with E-state index >= 15 is 0 Å². The van der Waals surface area contributed by atoms with Crippen molar-refractivity contribution < 1.29 is 18.8 Å². The van der Waals surface area contributed by atoms with Crippen LogP contribution in [-0.4, -0.2) is 33.5 Å². The van der Waals surface area contributed by atoms with Gasteiger partial charge in [0.05, 0.1) is 34.2 Å². The number of nitrogens with one attached hydrogen (secondary N) is 1. The maximum Gasteiger partial charge on any atom is 0.168 e. The van der Waals surface area contributed by atoms with Gasteiger partial charge in [-0.15, -0.1) is 0 Å². The standard InChI is InChI=1S/C12H16FNO2/c1-14(2)7-6-11(15)9-4-5-12(16-3)10(13)8-9/h4-5,8H,6-7H2,1-3H3/p+1. The minimum absolute atomic E-state index is 0.0391. The predicted octanol–water partition coefficient (Wildman–Crippen LogP) is 0.552. The second kappa shape index (κ2) is 5.61. The highest BCUT2D eigenvalue weighted by Gasteiger charge is 2.11.